The second kappa shape index (κ2) is 4.80. The van der Waals surface area contributed by atoms with Crippen LogP contribution >= 0.6 is 0 Å². The number of hydrogen-bond acceptors (Lipinski definition) is 1. The van der Waals surface area contributed by atoms with E-state index in [1.165, 1.54) is 9.65 Å². The molecule has 0 aliphatic rings. The number of nitrogens with one attached hydrogen (secondary N) is 1. The minimum absolute atomic E-state index is 0.622. The Morgan fingerprint density at radius 2 is 2.07 bits per heavy atom. The third-order valence-electron chi connectivity index (χ3n) is 1.77. The van der Waals surface area contributed by atoms with Crippen LogP contribution in [0.3, 0.4) is 0 Å². The van der Waals surface area contributed by atoms with Crippen molar-refractivity contribution in [2.45, 2.75) is 0 Å². The van der Waals surface area contributed by atoms with Crippen LogP contribution in [-0.2, 0) is 0 Å². The molecule has 1 aromatic carbocycles. The van der Waals surface area contributed by atoms with Crippen LogP contribution in [0.5, 0.6) is 0 Å². The van der Waals surface area contributed by atoms with Crippen molar-refractivity contribution < 1.29 is 0 Å². The molecule has 0 radical (unpaired) electrons. The van der Waals surface area contributed by atoms with Gasteiger partial charge in [-0.2, -0.15) is 0 Å². The number of nitrogens with zero attached hydrogens (tertiary/aromatic N) is 1. The van der Waals surface area contributed by atoms with E-state index in [4.69, 9.17) is 0 Å². The van der Waals surface area contributed by atoms with E-state index in [1.807, 2.05) is 0 Å². The maximum absolute atomic E-state index is 3.67. The van der Waals surface area contributed by atoms with Crippen LogP contribution in [0.15, 0.2) is 54.0 Å². The number of hydrogen-bond donors (Lipinski definition) is 1. The Morgan fingerprint density at radius 3 is 2.71 bits per heavy atom. The summed E-state index contributed by atoms with van der Waals surface area (Å²) in [5.74, 6) is 0. The molecular formula is C11H10N2Se. The van der Waals surface area contributed by atoms with Gasteiger partial charge in [0.1, 0.15) is 0 Å². The number of H-pyrrole nitrogens is 1. The Labute approximate surface area is 88.4 Å². The van der Waals surface area contributed by atoms with E-state index in [0.29, 0.717) is 14.5 Å². The molecule has 0 fully saturated rings. The molecular weight excluding hydrogens is 239 g/mol. The van der Waals surface area contributed by atoms with Crippen molar-refractivity contribution in [1.29, 1.82) is 0 Å². The zero-order chi connectivity index (χ0) is 9.64. The summed E-state index contributed by atoms with van der Waals surface area (Å²) >= 11 is 0.622. The van der Waals surface area contributed by atoms with Gasteiger partial charge in [-0.3, -0.25) is 0 Å². The predicted molar refractivity (Wildman–Crippen MR) is 59.5 cm³/mol. The average molecular weight is 249 g/mol. The van der Waals surface area contributed by atoms with Gasteiger partial charge in [0.05, 0.1) is 6.33 Å². The van der Waals surface area contributed by atoms with Gasteiger partial charge in [-0.05, 0) is 0 Å². The summed E-state index contributed by atoms with van der Waals surface area (Å²) in [7, 11) is 0. The monoisotopic (exact) mass is 250 g/mol. The van der Waals surface area contributed by atoms with Crippen molar-refractivity contribution in [1.82, 2.24) is 9.97 Å². The van der Waals surface area contributed by atoms with Gasteiger partial charge in [-0.15, -0.1) is 0 Å². The molecule has 0 unspecified atom stereocenters. The molecule has 14 heavy (non-hydrogen) atoms. The van der Waals surface area contributed by atoms with Crippen LogP contribution in [0.2, 0.25) is 0 Å². The van der Waals surface area contributed by atoms with Crippen molar-refractivity contribution >= 4 is 24.1 Å². The summed E-state index contributed by atoms with van der Waals surface area (Å²) in [4.78, 5) is 8.68. The molecule has 2 heterocycles. The molecule has 3 heteroatoms. The van der Waals surface area contributed by atoms with Crippen molar-refractivity contribution in [2.75, 3.05) is 0 Å². The van der Waals surface area contributed by atoms with E-state index in [-0.39, 0.29) is 0 Å². The summed E-state index contributed by atoms with van der Waals surface area (Å²) in [6.45, 7) is 0. The van der Waals surface area contributed by atoms with Crippen molar-refractivity contribution in [2.24, 2.45) is 0 Å². The number of aromatic amines is 1. The third-order valence-corrected chi connectivity index (χ3v) is 3.65. The Morgan fingerprint density at radius 1 is 1.14 bits per heavy atom. The second-order valence-electron chi connectivity index (χ2n) is 2.72. The van der Waals surface area contributed by atoms with E-state index in [2.05, 4.69) is 45.2 Å². The molecule has 70 valence electrons. The number of imidazole rings is 1. The first-order chi connectivity index (χ1) is 6.97. The van der Waals surface area contributed by atoms with Crippen LogP contribution in [0.4, 0.5) is 0 Å². The Kier molecular flexibility index (Phi) is 3.17. The summed E-state index contributed by atoms with van der Waals surface area (Å²) in [6, 6.07) is 10.8. The van der Waals surface area contributed by atoms with Crippen LogP contribution in [0, 0.1) is 0 Å². The van der Waals surface area contributed by atoms with Crippen molar-refractivity contribution in [3.05, 3.63) is 54.0 Å². The molecule has 0 saturated heterocycles. The standard InChI is InChI=1S/C8H6Se.C3H4N2/c1-2-4-8-7(3-1)5-6-9-8;1-2-5-3-4-1/h1-6H;1-3H,(H,4,5). The normalized spacial score (nSPS) is 9.43. The zero-order valence-electron chi connectivity index (χ0n) is 7.55. The molecule has 0 aliphatic heterocycles. The number of rotatable bonds is 0. The van der Waals surface area contributed by atoms with Crippen molar-refractivity contribution in [3.63, 3.8) is 0 Å². The maximum atomic E-state index is 3.67. The van der Waals surface area contributed by atoms with Gasteiger partial charge >= 0.3 is 59.4 Å². The summed E-state index contributed by atoms with van der Waals surface area (Å²) in [5.41, 5.74) is 0. The van der Waals surface area contributed by atoms with Gasteiger partial charge in [0.2, 0.25) is 0 Å². The molecule has 2 nitrogen and oxygen atoms in total. The summed E-state index contributed by atoms with van der Waals surface area (Å²) in [6.07, 6.45) is 5.08. The van der Waals surface area contributed by atoms with Crippen LogP contribution in [0.25, 0.3) is 9.65 Å². The topological polar surface area (TPSA) is 28.7 Å². The predicted octanol–water partition coefficient (Wildman–Crippen LogP) is 2.31. The fraction of sp³-hybridized carbons (Fsp3) is 0. The van der Waals surface area contributed by atoms with Crippen molar-refractivity contribution in [3.8, 4) is 0 Å². The summed E-state index contributed by atoms with van der Waals surface area (Å²) in [5, 5.41) is 1.41. The Hall–Kier alpha value is -1.31. The third kappa shape index (κ3) is 2.34. The number of aromatic nitrogens is 2. The summed E-state index contributed by atoms with van der Waals surface area (Å²) < 4.78 is 1.52. The van der Waals surface area contributed by atoms with Crippen LogP contribution < -0.4 is 0 Å². The van der Waals surface area contributed by atoms with E-state index < -0.39 is 0 Å². The van der Waals surface area contributed by atoms with Gasteiger partial charge in [0.25, 0.3) is 0 Å². The fourth-order valence-corrected chi connectivity index (χ4v) is 2.78. The molecule has 0 atom stereocenters. The Bertz CT molecular complexity index is 423. The average Bonchev–Trinajstić information content (AvgIpc) is 2.92. The first-order valence-corrected chi connectivity index (χ1v) is 6.16. The number of benzene rings is 1. The minimum atomic E-state index is 0.622. The first kappa shape index (κ1) is 9.25. The van der Waals surface area contributed by atoms with E-state index >= 15 is 0 Å². The SMILES string of the molecule is c1c[nH]cn1.c1ccc2[se]ccc2c1. The van der Waals surface area contributed by atoms with Gasteiger partial charge < -0.3 is 4.98 Å². The fourth-order valence-electron chi connectivity index (χ4n) is 1.12. The molecule has 0 saturated carbocycles. The van der Waals surface area contributed by atoms with Gasteiger partial charge in [-0.1, -0.05) is 0 Å². The molecule has 0 spiro atoms. The molecule has 2 aromatic heterocycles. The van der Waals surface area contributed by atoms with Crippen LogP contribution in [-0.4, -0.2) is 24.5 Å². The molecule has 1 N–H and O–H groups in total. The quantitative estimate of drug-likeness (QED) is 0.608. The molecule has 0 amide bonds. The first-order valence-electron chi connectivity index (χ1n) is 4.32. The van der Waals surface area contributed by atoms with Gasteiger partial charge in [-0.25, -0.2) is 4.98 Å². The van der Waals surface area contributed by atoms with Gasteiger partial charge in [0.15, 0.2) is 0 Å². The molecule has 3 aromatic rings. The molecule has 3 rings (SSSR count). The molecule has 0 bridgehead atoms. The van der Waals surface area contributed by atoms with Crippen LogP contribution in [0.1, 0.15) is 0 Å². The van der Waals surface area contributed by atoms with Gasteiger partial charge in [0, 0.05) is 12.4 Å². The van der Waals surface area contributed by atoms with E-state index in [9.17, 15) is 0 Å². The zero-order valence-corrected chi connectivity index (χ0v) is 9.26. The number of fused-ring (bicyclic) bond motifs is 1. The second-order valence-corrected chi connectivity index (χ2v) is 4.71. The Balaban J connectivity index is 0.000000128. The van der Waals surface area contributed by atoms with E-state index in [0.717, 1.165) is 0 Å². The van der Waals surface area contributed by atoms with E-state index in [1.54, 1.807) is 18.7 Å². The molecule has 0 aliphatic carbocycles.